The number of furan rings is 1. The Bertz CT molecular complexity index is 549. The van der Waals surface area contributed by atoms with Crippen LogP contribution in [0.5, 0.6) is 5.75 Å². The molecule has 1 fully saturated rings. The van der Waals surface area contributed by atoms with Crippen LogP contribution >= 0.6 is 0 Å². The molecule has 3 rings (SSSR count). The van der Waals surface area contributed by atoms with Crippen LogP contribution in [-0.2, 0) is 6.54 Å². The largest absolute Gasteiger partial charge is 0.493 e. The van der Waals surface area contributed by atoms with Crippen molar-refractivity contribution in [2.24, 2.45) is 5.92 Å². The van der Waals surface area contributed by atoms with Gasteiger partial charge in [-0.15, -0.1) is 0 Å². The molecule has 0 radical (unpaired) electrons. The molecule has 4 nitrogen and oxygen atoms in total. The normalized spacial score (nSPS) is 15.9. The van der Waals surface area contributed by atoms with Crippen LogP contribution in [0.3, 0.4) is 0 Å². The summed E-state index contributed by atoms with van der Waals surface area (Å²) in [6, 6.07) is 11.6. The van der Waals surface area contributed by atoms with Crippen molar-refractivity contribution in [2.75, 3.05) is 13.2 Å². The minimum absolute atomic E-state index is 0.449. The maximum atomic E-state index is 9.95. The van der Waals surface area contributed by atoms with E-state index in [4.69, 9.17) is 9.15 Å². The average Bonchev–Trinajstić information content (AvgIpc) is 3.17. The van der Waals surface area contributed by atoms with Crippen LogP contribution in [0.1, 0.15) is 30.3 Å². The SMILES string of the molecule is OC(CNCc1ccccc1OCC1CC1)c1ccco1. The molecule has 1 heterocycles. The summed E-state index contributed by atoms with van der Waals surface area (Å²) in [5, 5.41) is 13.2. The first-order chi connectivity index (χ1) is 10.3. The molecule has 4 heteroatoms. The predicted octanol–water partition coefficient (Wildman–Crippen LogP) is 2.89. The van der Waals surface area contributed by atoms with E-state index in [2.05, 4.69) is 11.4 Å². The average molecular weight is 287 g/mol. The molecule has 2 aromatic rings. The van der Waals surface area contributed by atoms with Crippen molar-refractivity contribution in [2.45, 2.75) is 25.5 Å². The molecule has 1 aliphatic rings. The third-order valence-electron chi connectivity index (χ3n) is 3.67. The standard InChI is InChI=1S/C17H21NO3/c19-15(17-6-3-9-20-17)11-18-10-14-4-1-2-5-16(14)21-12-13-7-8-13/h1-6,9,13,15,18-19H,7-8,10-12H2. The van der Waals surface area contributed by atoms with E-state index >= 15 is 0 Å². The Kier molecular flexibility index (Phi) is 4.58. The molecule has 112 valence electrons. The van der Waals surface area contributed by atoms with Crippen LogP contribution in [0.2, 0.25) is 0 Å². The van der Waals surface area contributed by atoms with Gasteiger partial charge in [-0.25, -0.2) is 0 Å². The molecule has 1 saturated carbocycles. The Balaban J connectivity index is 1.49. The van der Waals surface area contributed by atoms with Gasteiger partial charge in [0.1, 0.15) is 17.6 Å². The second-order valence-corrected chi connectivity index (χ2v) is 5.52. The van der Waals surface area contributed by atoms with Gasteiger partial charge in [-0.2, -0.15) is 0 Å². The summed E-state index contributed by atoms with van der Waals surface area (Å²) in [5.74, 6) is 2.26. The van der Waals surface area contributed by atoms with E-state index in [1.165, 1.54) is 12.8 Å². The van der Waals surface area contributed by atoms with Crippen LogP contribution in [0, 0.1) is 5.92 Å². The molecule has 0 bridgehead atoms. The lowest BCUT2D eigenvalue weighted by atomic mass is 10.2. The Labute approximate surface area is 124 Å². The van der Waals surface area contributed by atoms with E-state index in [9.17, 15) is 5.11 Å². The molecule has 0 saturated heterocycles. The molecular formula is C17H21NO3. The first-order valence-electron chi connectivity index (χ1n) is 7.46. The fraction of sp³-hybridized carbons (Fsp3) is 0.412. The van der Waals surface area contributed by atoms with Crippen LogP contribution in [0.4, 0.5) is 0 Å². The van der Waals surface area contributed by atoms with E-state index in [1.54, 1.807) is 18.4 Å². The quantitative estimate of drug-likeness (QED) is 0.784. The summed E-state index contributed by atoms with van der Waals surface area (Å²) >= 11 is 0. The molecule has 1 aromatic carbocycles. The summed E-state index contributed by atoms with van der Waals surface area (Å²) in [5.41, 5.74) is 1.12. The van der Waals surface area contributed by atoms with Crippen molar-refractivity contribution in [3.8, 4) is 5.75 Å². The fourth-order valence-electron chi connectivity index (χ4n) is 2.21. The number of hydrogen-bond acceptors (Lipinski definition) is 4. The number of nitrogens with one attached hydrogen (secondary N) is 1. The van der Waals surface area contributed by atoms with Gasteiger partial charge in [0, 0.05) is 18.7 Å². The number of aliphatic hydroxyl groups excluding tert-OH is 1. The minimum atomic E-state index is -0.625. The van der Waals surface area contributed by atoms with Gasteiger partial charge in [0.25, 0.3) is 0 Å². The maximum absolute atomic E-state index is 9.95. The fourth-order valence-corrected chi connectivity index (χ4v) is 2.21. The molecule has 0 amide bonds. The number of rotatable bonds is 8. The van der Waals surface area contributed by atoms with E-state index in [1.807, 2.05) is 18.2 Å². The third-order valence-corrected chi connectivity index (χ3v) is 3.67. The van der Waals surface area contributed by atoms with Crippen LogP contribution in [0.15, 0.2) is 47.1 Å². The molecule has 1 atom stereocenters. The molecule has 21 heavy (non-hydrogen) atoms. The van der Waals surface area contributed by atoms with Crippen molar-refractivity contribution < 1.29 is 14.3 Å². The maximum Gasteiger partial charge on any atom is 0.133 e. The molecule has 2 N–H and O–H groups in total. The van der Waals surface area contributed by atoms with Crippen molar-refractivity contribution in [1.82, 2.24) is 5.32 Å². The van der Waals surface area contributed by atoms with E-state index < -0.39 is 6.10 Å². The second kappa shape index (κ2) is 6.78. The lowest BCUT2D eigenvalue weighted by molar-refractivity contribution is 0.147. The summed E-state index contributed by atoms with van der Waals surface area (Å²) in [6.07, 6.45) is 3.52. The zero-order valence-electron chi connectivity index (χ0n) is 12.0. The van der Waals surface area contributed by atoms with Gasteiger partial charge in [-0.3, -0.25) is 0 Å². The summed E-state index contributed by atoms with van der Waals surface area (Å²) in [6.45, 7) is 1.93. The van der Waals surface area contributed by atoms with E-state index in [0.29, 0.717) is 18.8 Å². The number of benzene rings is 1. The van der Waals surface area contributed by atoms with E-state index in [-0.39, 0.29) is 0 Å². The lowest BCUT2D eigenvalue weighted by Gasteiger charge is -2.13. The van der Waals surface area contributed by atoms with Crippen LogP contribution < -0.4 is 10.1 Å². The van der Waals surface area contributed by atoms with Gasteiger partial charge >= 0.3 is 0 Å². The zero-order chi connectivity index (χ0) is 14.5. The number of aliphatic hydroxyl groups is 1. The highest BCUT2D eigenvalue weighted by Gasteiger charge is 2.22. The highest BCUT2D eigenvalue weighted by Crippen LogP contribution is 2.30. The van der Waals surface area contributed by atoms with Gasteiger partial charge in [0.2, 0.25) is 0 Å². The first-order valence-corrected chi connectivity index (χ1v) is 7.46. The van der Waals surface area contributed by atoms with Gasteiger partial charge in [-0.05, 0) is 37.0 Å². The predicted molar refractivity (Wildman–Crippen MR) is 80.0 cm³/mol. The molecular weight excluding hydrogens is 266 g/mol. The van der Waals surface area contributed by atoms with Gasteiger partial charge in [0.15, 0.2) is 0 Å². The third kappa shape index (κ3) is 4.09. The highest BCUT2D eigenvalue weighted by molar-refractivity contribution is 5.33. The van der Waals surface area contributed by atoms with Crippen molar-refractivity contribution in [1.29, 1.82) is 0 Å². The number of ether oxygens (including phenoxy) is 1. The van der Waals surface area contributed by atoms with Gasteiger partial charge < -0.3 is 19.6 Å². The van der Waals surface area contributed by atoms with E-state index in [0.717, 1.165) is 23.8 Å². The molecule has 1 aromatic heterocycles. The number of para-hydroxylation sites is 1. The van der Waals surface area contributed by atoms with Crippen LogP contribution in [0.25, 0.3) is 0 Å². The summed E-state index contributed by atoms with van der Waals surface area (Å²) in [4.78, 5) is 0. The van der Waals surface area contributed by atoms with Crippen molar-refractivity contribution in [3.63, 3.8) is 0 Å². The van der Waals surface area contributed by atoms with Crippen LogP contribution in [-0.4, -0.2) is 18.3 Å². The van der Waals surface area contributed by atoms with Gasteiger partial charge in [0.05, 0.1) is 12.9 Å². The van der Waals surface area contributed by atoms with Crippen molar-refractivity contribution >= 4 is 0 Å². The first kappa shape index (κ1) is 14.2. The lowest BCUT2D eigenvalue weighted by Crippen LogP contribution is -2.21. The number of hydrogen-bond donors (Lipinski definition) is 2. The Morgan fingerprint density at radius 2 is 2.10 bits per heavy atom. The zero-order valence-corrected chi connectivity index (χ0v) is 12.0. The second-order valence-electron chi connectivity index (χ2n) is 5.52. The summed E-state index contributed by atoms with van der Waals surface area (Å²) < 4.78 is 11.0. The Morgan fingerprint density at radius 3 is 2.86 bits per heavy atom. The highest BCUT2D eigenvalue weighted by atomic mass is 16.5. The smallest absolute Gasteiger partial charge is 0.133 e. The molecule has 1 unspecified atom stereocenters. The minimum Gasteiger partial charge on any atom is -0.493 e. The van der Waals surface area contributed by atoms with Gasteiger partial charge in [-0.1, -0.05) is 18.2 Å². The molecule has 0 spiro atoms. The van der Waals surface area contributed by atoms with Crippen molar-refractivity contribution in [3.05, 3.63) is 54.0 Å². The Morgan fingerprint density at radius 1 is 1.24 bits per heavy atom. The topological polar surface area (TPSA) is 54.6 Å². The monoisotopic (exact) mass is 287 g/mol. The molecule has 1 aliphatic carbocycles. The summed E-state index contributed by atoms with van der Waals surface area (Å²) in [7, 11) is 0. The molecule has 0 aliphatic heterocycles. The Hall–Kier alpha value is -1.78.